The minimum Gasteiger partial charge on any atom is -0.326 e. The van der Waals surface area contributed by atoms with Crippen molar-refractivity contribution in [3.63, 3.8) is 0 Å². The van der Waals surface area contributed by atoms with Gasteiger partial charge in [-0.1, -0.05) is 6.07 Å². The molecule has 3 rings (SSSR count). The van der Waals surface area contributed by atoms with Gasteiger partial charge in [0, 0.05) is 31.0 Å². The zero-order chi connectivity index (χ0) is 18.7. The molecular weight excluding hydrogens is 330 g/mol. The zero-order valence-corrected chi connectivity index (χ0v) is 15.0. The van der Waals surface area contributed by atoms with E-state index in [0.29, 0.717) is 23.6 Å². The van der Waals surface area contributed by atoms with Crippen LogP contribution in [0.1, 0.15) is 23.1 Å². The van der Waals surface area contributed by atoms with Crippen molar-refractivity contribution in [3.8, 4) is 0 Å². The number of fused-ring (bicyclic) bond motifs is 1. The van der Waals surface area contributed by atoms with Crippen molar-refractivity contribution in [3.05, 3.63) is 60.0 Å². The van der Waals surface area contributed by atoms with E-state index in [-0.39, 0.29) is 11.8 Å². The maximum atomic E-state index is 12.8. The van der Waals surface area contributed by atoms with Gasteiger partial charge < -0.3 is 19.9 Å². The van der Waals surface area contributed by atoms with Crippen LogP contribution in [0.2, 0.25) is 0 Å². The Kier molecular flexibility index (Phi) is 4.99. The van der Waals surface area contributed by atoms with Gasteiger partial charge in [0.05, 0.1) is 5.69 Å². The topological polar surface area (TPSA) is 78.7 Å². The summed E-state index contributed by atoms with van der Waals surface area (Å²) in [6.45, 7) is 2.04. The van der Waals surface area contributed by atoms with Gasteiger partial charge in [0.15, 0.2) is 5.69 Å². The minimum absolute atomic E-state index is 0.139. The predicted molar refractivity (Wildman–Crippen MR) is 101 cm³/mol. The number of imidazole rings is 1. The molecule has 2 heterocycles. The molecular formula is C19H21N5O2. The molecule has 0 unspecified atom stereocenters. The minimum atomic E-state index is -0.266. The summed E-state index contributed by atoms with van der Waals surface area (Å²) in [5, 5.41) is 5.56. The van der Waals surface area contributed by atoms with Crippen molar-refractivity contribution >= 4 is 28.8 Å². The molecule has 0 atom stereocenters. The first kappa shape index (κ1) is 17.6. The molecule has 0 spiro atoms. The van der Waals surface area contributed by atoms with Crippen LogP contribution in [0.25, 0.3) is 5.65 Å². The van der Waals surface area contributed by atoms with Crippen molar-refractivity contribution in [2.24, 2.45) is 0 Å². The molecule has 0 aliphatic rings. The number of nitrogens with one attached hydrogen (secondary N) is 2. The molecule has 1 aromatic carbocycles. The number of rotatable bonds is 5. The molecule has 0 saturated carbocycles. The molecule has 2 aromatic heterocycles. The number of anilines is 2. The third kappa shape index (κ3) is 3.89. The number of nitrogens with zero attached hydrogens (tertiary/aromatic N) is 3. The number of hydrogen-bond donors (Lipinski definition) is 2. The summed E-state index contributed by atoms with van der Waals surface area (Å²) in [5.74, 6) is -0.405. The van der Waals surface area contributed by atoms with Gasteiger partial charge in [0.2, 0.25) is 5.91 Å². The first-order chi connectivity index (χ1) is 12.4. The van der Waals surface area contributed by atoms with Gasteiger partial charge in [-0.3, -0.25) is 9.59 Å². The Bertz CT molecular complexity index is 944. The monoisotopic (exact) mass is 351 g/mol. The summed E-state index contributed by atoms with van der Waals surface area (Å²) in [6, 6.07) is 12.6. The highest BCUT2D eigenvalue weighted by Gasteiger charge is 2.19. The third-order valence-electron chi connectivity index (χ3n) is 3.77. The SMILES string of the molecule is CC(=O)Nc1ccc(NC(=O)c2nc3ccccn3c2CN(C)C)cc1. The lowest BCUT2D eigenvalue weighted by Gasteiger charge is -2.11. The van der Waals surface area contributed by atoms with Gasteiger partial charge >= 0.3 is 0 Å². The van der Waals surface area contributed by atoms with E-state index in [0.717, 1.165) is 11.3 Å². The number of benzene rings is 1. The fraction of sp³-hybridized carbons (Fsp3) is 0.211. The second kappa shape index (κ2) is 7.37. The fourth-order valence-corrected chi connectivity index (χ4v) is 2.71. The van der Waals surface area contributed by atoms with Crippen molar-refractivity contribution in [1.82, 2.24) is 14.3 Å². The normalized spacial score (nSPS) is 10.9. The van der Waals surface area contributed by atoms with E-state index in [1.807, 2.05) is 47.8 Å². The molecule has 2 amide bonds. The van der Waals surface area contributed by atoms with Crippen molar-refractivity contribution < 1.29 is 9.59 Å². The van der Waals surface area contributed by atoms with Crippen LogP contribution in [0.5, 0.6) is 0 Å². The zero-order valence-electron chi connectivity index (χ0n) is 15.0. The number of aromatic nitrogens is 2. The fourth-order valence-electron chi connectivity index (χ4n) is 2.71. The Morgan fingerprint density at radius 2 is 1.69 bits per heavy atom. The van der Waals surface area contributed by atoms with Gasteiger partial charge in [-0.25, -0.2) is 4.98 Å². The van der Waals surface area contributed by atoms with Crippen LogP contribution in [0.3, 0.4) is 0 Å². The molecule has 0 radical (unpaired) electrons. The van der Waals surface area contributed by atoms with Crippen LogP contribution in [-0.2, 0) is 11.3 Å². The smallest absolute Gasteiger partial charge is 0.276 e. The molecule has 7 heteroatoms. The Morgan fingerprint density at radius 1 is 1.04 bits per heavy atom. The van der Waals surface area contributed by atoms with Gasteiger partial charge in [0.1, 0.15) is 5.65 Å². The van der Waals surface area contributed by atoms with Gasteiger partial charge in [0.25, 0.3) is 5.91 Å². The maximum absolute atomic E-state index is 12.8. The van der Waals surface area contributed by atoms with Gasteiger partial charge in [-0.05, 0) is 50.5 Å². The second-order valence-corrected chi connectivity index (χ2v) is 6.29. The van der Waals surface area contributed by atoms with Gasteiger partial charge in [-0.15, -0.1) is 0 Å². The quantitative estimate of drug-likeness (QED) is 0.741. The number of pyridine rings is 1. The average molecular weight is 351 g/mol. The van der Waals surface area contributed by atoms with Crippen LogP contribution in [0, 0.1) is 0 Å². The molecule has 3 aromatic rings. The van der Waals surface area contributed by atoms with E-state index in [1.165, 1.54) is 6.92 Å². The highest BCUT2D eigenvalue weighted by molar-refractivity contribution is 6.04. The first-order valence-corrected chi connectivity index (χ1v) is 8.24. The van der Waals surface area contributed by atoms with Gasteiger partial charge in [-0.2, -0.15) is 0 Å². The lowest BCUT2D eigenvalue weighted by atomic mass is 10.2. The Hall–Kier alpha value is -3.19. The lowest BCUT2D eigenvalue weighted by molar-refractivity contribution is -0.114. The largest absolute Gasteiger partial charge is 0.326 e. The van der Waals surface area contributed by atoms with Crippen LogP contribution < -0.4 is 10.6 Å². The average Bonchev–Trinajstić information content (AvgIpc) is 2.94. The summed E-state index contributed by atoms with van der Waals surface area (Å²) in [5.41, 5.74) is 3.28. The van der Waals surface area contributed by atoms with Crippen LogP contribution in [0.4, 0.5) is 11.4 Å². The number of carbonyl (C=O) groups excluding carboxylic acids is 2. The van der Waals surface area contributed by atoms with Crippen LogP contribution in [0.15, 0.2) is 48.7 Å². The molecule has 7 nitrogen and oxygen atoms in total. The molecule has 0 bridgehead atoms. The van der Waals surface area contributed by atoms with Crippen LogP contribution >= 0.6 is 0 Å². The molecule has 134 valence electrons. The van der Waals surface area contributed by atoms with Crippen molar-refractivity contribution in [2.75, 3.05) is 24.7 Å². The Labute approximate surface area is 151 Å². The van der Waals surface area contributed by atoms with E-state index in [1.54, 1.807) is 24.3 Å². The van der Waals surface area contributed by atoms with Crippen molar-refractivity contribution in [2.45, 2.75) is 13.5 Å². The van der Waals surface area contributed by atoms with Crippen LogP contribution in [-0.4, -0.2) is 40.2 Å². The summed E-state index contributed by atoms with van der Waals surface area (Å²) >= 11 is 0. The predicted octanol–water partition coefficient (Wildman–Crippen LogP) is 2.61. The molecule has 2 N–H and O–H groups in total. The van der Waals surface area contributed by atoms with E-state index in [9.17, 15) is 9.59 Å². The highest BCUT2D eigenvalue weighted by Crippen LogP contribution is 2.18. The Balaban J connectivity index is 1.86. The molecule has 0 aliphatic heterocycles. The van der Waals surface area contributed by atoms with E-state index >= 15 is 0 Å². The van der Waals surface area contributed by atoms with E-state index in [2.05, 4.69) is 15.6 Å². The molecule has 0 saturated heterocycles. The number of hydrogen-bond acceptors (Lipinski definition) is 4. The summed E-state index contributed by atoms with van der Waals surface area (Å²) in [4.78, 5) is 30.3. The summed E-state index contributed by atoms with van der Waals surface area (Å²) in [6.07, 6.45) is 1.90. The molecule has 0 aliphatic carbocycles. The maximum Gasteiger partial charge on any atom is 0.276 e. The Morgan fingerprint density at radius 3 is 2.31 bits per heavy atom. The third-order valence-corrected chi connectivity index (χ3v) is 3.77. The van der Waals surface area contributed by atoms with E-state index in [4.69, 9.17) is 0 Å². The highest BCUT2D eigenvalue weighted by atomic mass is 16.2. The number of carbonyl (C=O) groups is 2. The molecule has 26 heavy (non-hydrogen) atoms. The lowest BCUT2D eigenvalue weighted by Crippen LogP contribution is -2.19. The summed E-state index contributed by atoms with van der Waals surface area (Å²) < 4.78 is 1.93. The first-order valence-electron chi connectivity index (χ1n) is 8.24. The van der Waals surface area contributed by atoms with Crippen molar-refractivity contribution in [1.29, 1.82) is 0 Å². The standard InChI is InChI=1S/C19H21N5O2/c1-13(25)20-14-7-9-15(10-8-14)21-19(26)18-16(12-23(2)3)24-11-5-4-6-17(24)22-18/h4-11H,12H2,1-3H3,(H,20,25)(H,21,26). The van der Waals surface area contributed by atoms with E-state index < -0.39 is 0 Å². The second-order valence-electron chi connectivity index (χ2n) is 6.29. The summed E-state index contributed by atoms with van der Waals surface area (Å²) in [7, 11) is 3.90. The number of amides is 2. The molecule has 0 fully saturated rings.